The highest BCUT2D eigenvalue weighted by molar-refractivity contribution is 6.06. The minimum Gasteiger partial charge on any atom is -0.383 e. The van der Waals surface area contributed by atoms with Gasteiger partial charge in [-0.25, -0.2) is 0 Å². The van der Waals surface area contributed by atoms with E-state index in [1.54, 1.807) is 18.7 Å². The maximum Gasteiger partial charge on any atom is 0.251 e. The van der Waals surface area contributed by atoms with Gasteiger partial charge in [-0.05, 0) is 13.8 Å². The van der Waals surface area contributed by atoms with Crippen LogP contribution in [-0.4, -0.2) is 33.9 Å². The number of carbonyl (C=O) groups excluding carboxylic acids is 2. The molecule has 1 aromatic heterocycles. The average molecular weight is 250 g/mol. The molecule has 2 heterocycles. The second-order valence-electron chi connectivity index (χ2n) is 4.53. The molecule has 96 valence electrons. The molecule has 8 heteroatoms. The largest absolute Gasteiger partial charge is 0.383 e. The van der Waals surface area contributed by atoms with Crippen molar-refractivity contribution < 1.29 is 9.59 Å². The van der Waals surface area contributed by atoms with Gasteiger partial charge in [-0.15, -0.1) is 0 Å². The number of nitrogens with two attached hydrogens (primary N) is 2. The Morgan fingerprint density at radius 1 is 1.33 bits per heavy atom. The van der Waals surface area contributed by atoms with E-state index in [2.05, 4.69) is 15.3 Å². The molecule has 0 atom stereocenters. The molecular formula is C10H14N6O2. The molecule has 2 rings (SSSR count). The Kier molecular flexibility index (Phi) is 2.57. The number of hydrogen-bond acceptors (Lipinski definition) is 7. The number of piperazine rings is 1. The van der Waals surface area contributed by atoms with E-state index in [4.69, 9.17) is 11.5 Å². The average Bonchev–Trinajstić information content (AvgIpc) is 2.22. The smallest absolute Gasteiger partial charge is 0.251 e. The molecule has 0 saturated carbocycles. The number of nitrogens with one attached hydrogen (secondary N) is 1. The maximum atomic E-state index is 11.8. The molecule has 1 aromatic rings. The van der Waals surface area contributed by atoms with Crippen LogP contribution in [0.4, 0.5) is 17.6 Å². The fourth-order valence-corrected chi connectivity index (χ4v) is 1.76. The Morgan fingerprint density at radius 3 is 2.61 bits per heavy atom. The van der Waals surface area contributed by atoms with Crippen LogP contribution in [0.15, 0.2) is 6.07 Å². The number of imide groups is 1. The molecule has 2 amide bonds. The van der Waals surface area contributed by atoms with Crippen molar-refractivity contribution in [2.75, 3.05) is 22.9 Å². The fourth-order valence-electron chi connectivity index (χ4n) is 1.76. The molecule has 1 aliphatic heterocycles. The van der Waals surface area contributed by atoms with Crippen molar-refractivity contribution in [3.63, 3.8) is 0 Å². The lowest BCUT2D eigenvalue weighted by atomic mass is 9.99. The molecule has 0 unspecified atom stereocenters. The van der Waals surface area contributed by atoms with E-state index in [1.165, 1.54) is 6.07 Å². The molecule has 0 aliphatic carbocycles. The number of amides is 2. The van der Waals surface area contributed by atoms with Crippen molar-refractivity contribution in [1.82, 2.24) is 15.3 Å². The van der Waals surface area contributed by atoms with Crippen LogP contribution in [0, 0.1) is 0 Å². The molecule has 1 saturated heterocycles. The monoisotopic (exact) mass is 250 g/mol. The third kappa shape index (κ3) is 1.92. The summed E-state index contributed by atoms with van der Waals surface area (Å²) in [5.41, 5.74) is 10.2. The van der Waals surface area contributed by atoms with Crippen molar-refractivity contribution in [1.29, 1.82) is 0 Å². The number of anilines is 3. The van der Waals surface area contributed by atoms with Crippen LogP contribution >= 0.6 is 0 Å². The topological polar surface area (TPSA) is 127 Å². The van der Waals surface area contributed by atoms with Gasteiger partial charge in [0.2, 0.25) is 11.9 Å². The van der Waals surface area contributed by atoms with Crippen molar-refractivity contribution in [3.05, 3.63) is 6.07 Å². The Balaban J connectivity index is 2.46. The lowest BCUT2D eigenvalue weighted by Gasteiger charge is -2.40. The second-order valence-corrected chi connectivity index (χ2v) is 4.53. The van der Waals surface area contributed by atoms with Gasteiger partial charge in [0.15, 0.2) is 0 Å². The summed E-state index contributed by atoms with van der Waals surface area (Å²) in [5.74, 6) is -0.247. The summed E-state index contributed by atoms with van der Waals surface area (Å²) in [5, 5.41) is 2.27. The summed E-state index contributed by atoms with van der Waals surface area (Å²) < 4.78 is 0. The van der Waals surface area contributed by atoms with Crippen molar-refractivity contribution >= 4 is 29.4 Å². The van der Waals surface area contributed by atoms with Gasteiger partial charge < -0.3 is 16.4 Å². The number of aromatic nitrogens is 2. The summed E-state index contributed by atoms with van der Waals surface area (Å²) in [4.78, 5) is 32.5. The summed E-state index contributed by atoms with van der Waals surface area (Å²) in [6, 6.07) is 1.48. The van der Waals surface area contributed by atoms with E-state index in [9.17, 15) is 9.59 Å². The van der Waals surface area contributed by atoms with Crippen LogP contribution < -0.4 is 21.7 Å². The SMILES string of the molecule is CC1(C)C(=O)NC(=O)CN1c1cc(N)nc(N)n1. The molecule has 0 radical (unpaired) electrons. The molecule has 18 heavy (non-hydrogen) atoms. The molecule has 0 bridgehead atoms. The lowest BCUT2D eigenvalue weighted by Crippen LogP contribution is -2.64. The van der Waals surface area contributed by atoms with Crippen molar-refractivity contribution in [3.8, 4) is 0 Å². The molecule has 0 aromatic carbocycles. The first kappa shape index (κ1) is 12.1. The fraction of sp³-hybridized carbons (Fsp3) is 0.400. The zero-order valence-electron chi connectivity index (χ0n) is 10.1. The highest BCUT2D eigenvalue weighted by atomic mass is 16.2. The predicted octanol–water partition coefficient (Wildman–Crippen LogP) is -1.12. The number of rotatable bonds is 1. The minimum absolute atomic E-state index is 0.000712. The number of nitrogens with zero attached hydrogens (tertiary/aromatic N) is 3. The van der Waals surface area contributed by atoms with Crippen LogP contribution in [0.3, 0.4) is 0 Å². The van der Waals surface area contributed by atoms with E-state index < -0.39 is 17.4 Å². The summed E-state index contributed by atoms with van der Waals surface area (Å²) >= 11 is 0. The van der Waals surface area contributed by atoms with Gasteiger partial charge in [-0.1, -0.05) is 0 Å². The lowest BCUT2D eigenvalue weighted by molar-refractivity contribution is -0.135. The van der Waals surface area contributed by atoms with Gasteiger partial charge >= 0.3 is 0 Å². The number of carbonyl (C=O) groups is 2. The number of hydrogen-bond donors (Lipinski definition) is 3. The van der Waals surface area contributed by atoms with Gasteiger partial charge in [0, 0.05) is 6.07 Å². The molecule has 5 N–H and O–H groups in total. The minimum atomic E-state index is -0.916. The van der Waals surface area contributed by atoms with Crippen LogP contribution in [-0.2, 0) is 9.59 Å². The molecule has 1 aliphatic rings. The van der Waals surface area contributed by atoms with E-state index in [0.717, 1.165) is 0 Å². The van der Waals surface area contributed by atoms with Crippen LogP contribution in [0.25, 0.3) is 0 Å². The molecule has 0 spiro atoms. The summed E-state index contributed by atoms with van der Waals surface area (Å²) in [7, 11) is 0. The Hall–Kier alpha value is -2.38. The summed E-state index contributed by atoms with van der Waals surface area (Å²) in [6.07, 6.45) is 0. The van der Waals surface area contributed by atoms with E-state index in [-0.39, 0.29) is 18.3 Å². The first-order valence-electron chi connectivity index (χ1n) is 5.32. The van der Waals surface area contributed by atoms with Gasteiger partial charge in [0.05, 0.1) is 6.54 Å². The molecule has 1 fully saturated rings. The van der Waals surface area contributed by atoms with Gasteiger partial charge in [0.1, 0.15) is 17.2 Å². The quantitative estimate of drug-likeness (QED) is 0.539. The van der Waals surface area contributed by atoms with E-state index in [0.29, 0.717) is 5.82 Å². The van der Waals surface area contributed by atoms with Gasteiger partial charge in [-0.2, -0.15) is 9.97 Å². The summed E-state index contributed by atoms with van der Waals surface area (Å²) in [6.45, 7) is 3.38. The Labute approximate surface area is 103 Å². The van der Waals surface area contributed by atoms with Crippen molar-refractivity contribution in [2.45, 2.75) is 19.4 Å². The van der Waals surface area contributed by atoms with Crippen LogP contribution in [0.5, 0.6) is 0 Å². The third-order valence-corrected chi connectivity index (χ3v) is 2.81. The predicted molar refractivity (Wildman–Crippen MR) is 65.4 cm³/mol. The van der Waals surface area contributed by atoms with E-state index in [1.807, 2.05) is 0 Å². The maximum absolute atomic E-state index is 11.8. The van der Waals surface area contributed by atoms with Gasteiger partial charge in [0.25, 0.3) is 5.91 Å². The Morgan fingerprint density at radius 2 is 2.00 bits per heavy atom. The van der Waals surface area contributed by atoms with Crippen molar-refractivity contribution in [2.24, 2.45) is 0 Å². The molecule has 8 nitrogen and oxygen atoms in total. The van der Waals surface area contributed by atoms with Crippen LogP contribution in [0.2, 0.25) is 0 Å². The second kappa shape index (κ2) is 3.83. The molecular weight excluding hydrogens is 236 g/mol. The third-order valence-electron chi connectivity index (χ3n) is 2.81. The first-order chi connectivity index (χ1) is 8.30. The standard InChI is InChI=1S/C10H14N6O2/c1-10(2)8(18)15-7(17)4-16(10)6-3-5(11)13-9(12)14-6/h3H,4H2,1-2H3,(H,15,17,18)(H4,11,12,13,14). The first-order valence-corrected chi connectivity index (χ1v) is 5.32. The van der Waals surface area contributed by atoms with E-state index >= 15 is 0 Å². The number of nitrogen functional groups attached to an aromatic ring is 2. The normalized spacial score (nSPS) is 18.7. The van der Waals surface area contributed by atoms with Gasteiger partial charge in [-0.3, -0.25) is 14.9 Å². The highest BCUT2D eigenvalue weighted by Crippen LogP contribution is 2.26. The zero-order chi connectivity index (χ0) is 13.5. The Bertz CT molecular complexity index is 507. The van der Waals surface area contributed by atoms with Crippen LogP contribution in [0.1, 0.15) is 13.8 Å². The zero-order valence-corrected chi connectivity index (χ0v) is 10.1. The highest BCUT2D eigenvalue weighted by Gasteiger charge is 2.41.